The van der Waals surface area contributed by atoms with E-state index in [0.29, 0.717) is 5.56 Å². The van der Waals surface area contributed by atoms with Crippen molar-refractivity contribution in [3.63, 3.8) is 0 Å². The van der Waals surface area contributed by atoms with Crippen LogP contribution >= 0.6 is 0 Å². The number of oxime groups is 1. The van der Waals surface area contributed by atoms with Crippen molar-refractivity contribution < 1.29 is 15.4 Å². The molecule has 5 N–H and O–H groups in total. The predicted molar refractivity (Wildman–Crippen MR) is 77.7 cm³/mol. The van der Waals surface area contributed by atoms with Crippen LogP contribution in [0.25, 0.3) is 12.2 Å². The van der Waals surface area contributed by atoms with Crippen molar-refractivity contribution >= 4 is 18.0 Å². The normalized spacial score (nSPS) is 11.9. The molecule has 5 nitrogen and oxygen atoms in total. The molecule has 0 saturated carbocycles. The summed E-state index contributed by atoms with van der Waals surface area (Å²) in [5.41, 5.74) is 7.79. The van der Waals surface area contributed by atoms with Crippen LogP contribution in [0.3, 0.4) is 0 Å². The smallest absolute Gasteiger partial charge is 0.170 e. The number of rotatable bonds is 3. The van der Waals surface area contributed by atoms with Crippen LogP contribution in [-0.4, -0.2) is 21.3 Å². The Morgan fingerprint density at radius 1 is 0.900 bits per heavy atom. The van der Waals surface area contributed by atoms with Gasteiger partial charge in [-0.05, 0) is 23.3 Å². The lowest BCUT2D eigenvalue weighted by Gasteiger charge is -2.00. The van der Waals surface area contributed by atoms with Crippen molar-refractivity contribution in [1.29, 1.82) is 0 Å². The Morgan fingerprint density at radius 2 is 1.50 bits per heavy atom. The van der Waals surface area contributed by atoms with Crippen LogP contribution in [0.5, 0.6) is 11.5 Å². The maximum absolute atomic E-state index is 9.39. The second-order valence-corrected chi connectivity index (χ2v) is 4.19. The van der Waals surface area contributed by atoms with Crippen LogP contribution in [0.15, 0.2) is 47.6 Å². The molecule has 20 heavy (non-hydrogen) atoms. The predicted octanol–water partition coefficient (Wildman–Crippen LogP) is 2.36. The summed E-state index contributed by atoms with van der Waals surface area (Å²) in [4.78, 5) is 0. The van der Waals surface area contributed by atoms with E-state index in [2.05, 4.69) is 5.16 Å². The Bertz CT molecular complexity index is 661. The Morgan fingerprint density at radius 3 is 2.10 bits per heavy atom. The summed E-state index contributed by atoms with van der Waals surface area (Å²) in [6, 6.07) is 11.7. The number of aromatic hydroxyl groups is 2. The summed E-state index contributed by atoms with van der Waals surface area (Å²) < 4.78 is 0. The molecule has 0 saturated heterocycles. The number of hydrogen-bond donors (Lipinski definition) is 4. The molecule has 0 aliphatic heterocycles. The van der Waals surface area contributed by atoms with Crippen LogP contribution < -0.4 is 5.73 Å². The minimum absolute atomic E-state index is 0.0592. The molecule has 0 bridgehead atoms. The van der Waals surface area contributed by atoms with E-state index in [9.17, 15) is 10.2 Å². The first kappa shape index (κ1) is 13.5. The largest absolute Gasteiger partial charge is 0.504 e. The van der Waals surface area contributed by atoms with Gasteiger partial charge in [0.1, 0.15) is 0 Å². The quantitative estimate of drug-likeness (QED) is 0.172. The molecular weight excluding hydrogens is 256 g/mol. The number of nitrogens with two attached hydrogens (primary N) is 1. The van der Waals surface area contributed by atoms with Gasteiger partial charge in [-0.2, -0.15) is 0 Å². The highest BCUT2D eigenvalue weighted by Gasteiger charge is 1.99. The number of hydrogen-bond acceptors (Lipinski definition) is 4. The second-order valence-electron chi connectivity index (χ2n) is 4.19. The maximum Gasteiger partial charge on any atom is 0.170 e. The molecule has 0 aliphatic carbocycles. The summed E-state index contributed by atoms with van der Waals surface area (Å²) >= 11 is 0. The summed E-state index contributed by atoms with van der Waals surface area (Å²) in [5, 5.41) is 30.1. The monoisotopic (exact) mass is 270 g/mol. The van der Waals surface area contributed by atoms with E-state index in [-0.39, 0.29) is 17.3 Å². The fourth-order valence-corrected chi connectivity index (χ4v) is 1.66. The summed E-state index contributed by atoms with van der Waals surface area (Å²) in [6.07, 6.45) is 3.65. The van der Waals surface area contributed by atoms with E-state index in [1.165, 1.54) is 12.1 Å². The van der Waals surface area contributed by atoms with Gasteiger partial charge in [-0.15, -0.1) is 0 Å². The zero-order chi connectivity index (χ0) is 14.5. The minimum Gasteiger partial charge on any atom is -0.504 e. The van der Waals surface area contributed by atoms with Crippen LogP contribution in [0.4, 0.5) is 0 Å². The molecule has 2 aromatic rings. The van der Waals surface area contributed by atoms with Crippen molar-refractivity contribution in [2.24, 2.45) is 10.9 Å². The summed E-state index contributed by atoms with van der Waals surface area (Å²) in [6.45, 7) is 0. The third-order valence-corrected chi connectivity index (χ3v) is 2.78. The molecule has 102 valence electrons. The van der Waals surface area contributed by atoms with Gasteiger partial charge in [-0.25, -0.2) is 0 Å². The van der Waals surface area contributed by atoms with Crippen LogP contribution in [0, 0.1) is 0 Å². The molecule has 5 heteroatoms. The van der Waals surface area contributed by atoms with Crippen molar-refractivity contribution in [3.8, 4) is 11.5 Å². The Balaban J connectivity index is 2.17. The van der Waals surface area contributed by atoms with E-state index in [1.807, 2.05) is 18.2 Å². The van der Waals surface area contributed by atoms with E-state index in [0.717, 1.165) is 11.1 Å². The first-order valence-corrected chi connectivity index (χ1v) is 5.88. The fraction of sp³-hybridized carbons (Fsp3) is 0. The zero-order valence-corrected chi connectivity index (χ0v) is 10.6. The molecule has 2 aromatic carbocycles. The lowest BCUT2D eigenvalue weighted by Crippen LogP contribution is -2.12. The molecule has 0 heterocycles. The highest BCUT2D eigenvalue weighted by molar-refractivity contribution is 5.97. The van der Waals surface area contributed by atoms with E-state index in [1.54, 1.807) is 24.3 Å². The standard InChI is InChI=1S/C15H14N2O3/c16-15(17-20)12-6-3-10(4-7-12)1-2-11-5-8-13(18)14(19)9-11/h1-9,18-20H,(H2,16,17)/b2-1+. The molecule has 0 atom stereocenters. The Labute approximate surface area is 115 Å². The summed E-state index contributed by atoms with van der Waals surface area (Å²) in [7, 11) is 0. The van der Waals surface area contributed by atoms with E-state index < -0.39 is 0 Å². The van der Waals surface area contributed by atoms with Crippen molar-refractivity contribution in [1.82, 2.24) is 0 Å². The number of phenolic OH excluding ortho intramolecular Hbond substituents is 2. The molecule has 0 aromatic heterocycles. The lowest BCUT2D eigenvalue weighted by atomic mass is 10.1. The van der Waals surface area contributed by atoms with Crippen LogP contribution in [-0.2, 0) is 0 Å². The first-order chi connectivity index (χ1) is 9.60. The highest BCUT2D eigenvalue weighted by Crippen LogP contribution is 2.25. The number of benzene rings is 2. The van der Waals surface area contributed by atoms with Crippen molar-refractivity contribution in [2.75, 3.05) is 0 Å². The topological polar surface area (TPSA) is 99.1 Å². The fourth-order valence-electron chi connectivity index (χ4n) is 1.66. The molecule has 2 rings (SSSR count). The zero-order valence-electron chi connectivity index (χ0n) is 10.6. The molecular formula is C15H14N2O3. The molecule has 0 unspecified atom stereocenters. The van der Waals surface area contributed by atoms with Gasteiger partial charge in [-0.3, -0.25) is 0 Å². The Kier molecular flexibility index (Phi) is 3.91. The third-order valence-electron chi connectivity index (χ3n) is 2.78. The van der Waals surface area contributed by atoms with Gasteiger partial charge in [-0.1, -0.05) is 47.6 Å². The van der Waals surface area contributed by atoms with Crippen molar-refractivity contribution in [3.05, 3.63) is 59.2 Å². The first-order valence-electron chi connectivity index (χ1n) is 5.88. The van der Waals surface area contributed by atoms with E-state index >= 15 is 0 Å². The van der Waals surface area contributed by atoms with Gasteiger partial charge in [0.15, 0.2) is 17.3 Å². The van der Waals surface area contributed by atoms with Gasteiger partial charge in [0.05, 0.1) is 0 Å². The highest BCUT2D eigenvalue weighted by atomic mass is 16.4. The van der Waals surface area contributed by atoms with Gasteiger partial charge in [0.25, 0.3) is 0 Å². The molecule has 0 radical (unpaired) electrons. The third kappa shape index (κ3) is 3.08. The SMILES string of the molecule is N/C(=N\O)c1ccc(/C=C/c2ccc(O)c(O)c2)cc1. The molecule has 0 amide bonds. The lowest BCUT2D eigenvalue weighted by molar-refractivity contribution is 0.318. The van der Waals surface area contributed by atoms with Gasteiger partial charge in [0, 0.05) is 5.56 Å². The number of phenols is 2. The maximum atomic E-state index is 9.39. The van der Waals surface area contributed by atoms with Crippen molar-refractivity contribution in [2.45, 2.75) is 0 Å². The number of nitrogens with zero attached hydrogens (tertiary/aromatic N) is 1. The number of amidine groups is 1. The van der Waals surface area contributed by atoms with E-state index in [4.69, 9.17) is 10.9 Å². The van der Waals surface area contributed by atoms with Gasteiger partial charge >= 0.3 is 0 Å². The second kappa shape index (κ2) is 5.79. The molecule has 0 fully saturated rings. The minimum atomic E-state index is -0.158. The van der Waals surface area contributed by atoms with Gasteiger partial charge in [0.2, 0.25) is 0 Å². The summed E-state index contributed by atoms with van der Waals surface area (Å²) in [5.74, 6) is -0.247. The van der Waals surface area contributed by atoms with Gasteiger partial charge < -0.3 is 21.2 Å². The molecule has 0 spiro atoms. The average Bonchev–Trinajstić information content (AvgIpc) is 2.48. The van der Waals surface area contributed by atoms with Crippen LogP contribution in [0.2, 0.25) is 0 Å². The average molecular weight is 270 g/mol. The Hall–Kier alpha value is -2.95. The molecule has 0 aliphatic rings. The van der Waals surface area contributed by atoms with Crippen LogP contribution in [0.1, 0.15) is 16.7 Å².